The normalized spacial score (nSPS) is 11.3. The molecule has 0 amide bonds. The van der Waals surface area contributed by atoms with Crippen LogP contribution in [0, 0.1) is 6.92 Å². The molecule has 6 nitrogen and oxygen atoms in total. The zero-order valence-corrected chi connectivity index (χ0v) is 18.0. The number of aryl methyl sites for hydroxylation is 1. The monoisotopic (exact) mass is 434 g/mol. The van der Waals surface area contributed by atoms with E-state index in [1.807, 2.05) is 38.1 Å². The highest BCUT2D eigenvalue weighted by atomic mass is 32.2. The van der Waals surface area contributed by atoms with Gasteiger partial charge in [0.1, 0.15) is 5.75 Å². The number of hydrogen-bond acceptors (Lipinski definition) is 6. The van der Waals surface area contributed by atoms with Gasteiger partial charge < -0.3 is 14.5 Å². The van der Waals surface area contributed by atoms with Crippen LogP contribution in [0.1, 0.15) is 12.5 Å². The maximum absolute atomic E-state index is 13.3. The standard InChI is InChI=1S/C24H22N2O4S/c1-3-29-20-15-13-19(14-16-20)25-23-24(31(27,28)21-7-5-4-6-8-21)26-22(30-23)18-11-9-17(2)10-12-18/h4-16,25H,3H2,1-2H3. The Bertz CT molecular complexity index is 1260. The van der Waals surface area contributed by atoms with E-state index in [0.717, 1.165) is 11.3 Å². The van der Waals surface area contributed by atoms with Crippen molar-refractivity contribution in [2.45, 2.75) is 23.8 Å². The van der Waals surface area contributed by atoms with Gasteiger partial charge in [0.15, 0.2) is 0 Å². The minimum atomic E-state index is -3.89. The van der Waals surface area contributed by atoms with Crippen molar-refractivity contribution in [1.29, 1.82) is 0 Å². The fraction of sp³-hybridized carbons (Fsp3) is 0.125. The summed E-state index contributed by atoms with van der Waals surface area (Å²) in [6.45, 7) is 4.45. The van der Waals surface area contributed by atoms with Gasteiger partial charge in [0.05, 0.1) is 11.5 Å². The first kappa shape index (κ1) is 20.7. The zero-order chi connectivity index (χ0) is 21.8. The predicted octanol–water partition coefficient (Wildman–Crippen LogP) is 5.63. The fourth-order valence-electron chi connectivity index (χ4n) is 3.03. The Morgan fingerprint density at radius 1 is 0.935 bits per heavy atom. The number of nitrogens with zero attached hydrogens (tertiary/aromatic N) is 1. The smallest absolute Gasteiger partial charge is 0.238 e. The van der Waals surface area contributed by atoms with Crippen LogP contribution in [0.15, 0.2) is 93.2 Å². The number of aromatic nitrogens is 1. The maximum atomic E-state index is 13.3. The largest absolute Gasteiger partial charge is 0.494 e. The van der Waals surface area contributed by atoms with Crippen LogP contribution in [-0.2, 0) is 9.84 Å². The maximum Gasteiger partial charge on any atom is 0.238 e. The molecule has 4 rings (SSSR count). The first-order chi connectivity index (χ1) is 15.0. The highest BCUT2D eigenvalue weighted by molar-refractivity contribution is 7.91. The number of ether oxygens (including phenoxy) is 1. The molecular formula is C24H22N2O4S. The second kappa shape index (κ2) is 8.65. The number of hydrogen-bond donors (Lipinski definition) is 1. The van der Waals surface area contributed by atoms with E-state index in [2.05, 4.69) is 10.3 Å². The van der Waals surface area contributed by atoms with Crippen molar-refractivity contribution >= 4 is 21.4 Å². The summed E-state index contributed by atoms with van der Waals surface area (Å²) in [6, 6.07) is 22.9. The highest BCUT2D eigenvalue weighted by Crippen LogP contribution is 2.34. The Morgan fingerprint density at radius 2 is 1.61 bits per heavy atom. The van der Waals surface area contributed by atoms with Gasteiger partial charge in [-0.25, -0.2) is 8.42 Å². The molecular weight excluding hydrogens is 412 g/mol. The molecule has 158 valence electrons. The third-order valence-electron chi connectivity index (χ3n) is 4.63. The molecule has 3 aromatic carbocycles. The minimum absolute atomic E-state index is 0.0589. The van der Waals surface area contributed by atoms with Gasteiger partial charge in [-0.05, 0) is 62.4 Å². The van der Waals surface area contributed by atoms with Crippen molar-refractivity contribution in [3.63, 3.8) is 0 Å². The van der Waals surface area contributed by atoms with Crippen molar-refractivity contribution in [2.75, 3.05) is 11.9 Å². The van der Waals surface area contributed by atoms with Crippen LogP contribution < -0.4 is 10.1 Å². The van der Waals surface area contributed by atoms with Crippen molar-refractivity contribution in [1.82, 2.24) is 4.98 Å². The molecule has 7 heteroatoms. The van der Waals surface area contributed by atoms with Crippen molar-refractivity contribution in [2.24, 2.45) is 0 Å². The molecule has 0 bridgehead atoms. The van der Waals surface area contributed by atoms with E-state index in [4.69, 9.17) is 9.15 Å². The average molecular weight is 435 g/mol. The number of nitrogens with one attached hydrogen (secondary N) is 1. The van der Waals surface area contributed by atoms with E-state index >= 15 is 0 Å². The quantitative estimate of drug-likeness (QED) is 0.406. The van der Waals surface area contributed by atoms with E-state index in [-0.39, 0.29) is 21.7 Å². The van der Waals surface area contributed by atoms with Crippen LogP contribution in [0.4, 0.5) is 11.6 Å². The average Bonchev–Trinajstić information content (AvgIpc) is 3.21. The SMILES string of the molecule is CCOc1ccc(Nc2oc(-c3ccc(C)cc3)nc2S(=O)(=O)c2ccccc2)cc1. The van der Waals surface area contributed by atoms with Crippen LogP contribution in [0.25, 0.3) is 11.5 Å². The number of oxazole rings is 1. The number of sulfone groups is 1. The molecule has 0 saturated heterocycles. The summed E-state index contributed by atoms with van der Waals surface area (Å²) in [5.41, 5.74) is 2.43. The molecule has 4 aromatic rings. The molecule has 1 N–H and O–H groups in total. The van der Waals surface area contributed by atoms with Gasteiger partial charge in [0, 0.05) is 11.3 Å². The topological polar surface area (TPSA) is 81.4 Å². The molecule has 0 fully saturated rings. The molecule has 0 atom stereocenters. The first-order valence-electron chi connectivity index (χ1n) is 9.85. The lowest BCUT2D eigenvalue weighted by Gasteiger charge is -2.07. The molecule has 0 aliphatic rings. The Hall–Kier alpha value is -3.58. The van der Waals surface area contributed by atoms with Gasteiger partial charge in [-0.2, -0.15) is 4.98 Å². The lowest BCUT2D eigenvalue weighted by molar-refractivity contribution is 0.340. The van der Waals surface area contributed by atoms with Gasteiger partial charge in [0.2, 0.25) is 26.6 Å². The molecule has 1 aromatic heterocycles. The summed E-state index contributed by atoms with van der Waals surface area (Å²) in [4.78, 5) is 4.51. The van der Waals surface area contributed by atoms with E-state index in [0.29, 0.717) is 17.9 Å². The van der Waals surface area contributed by atoms with Gasteiger partial charge in [-0.3, -0.25) is 0 Å². The van der Waals surface area contributed by atoms with E-state index in [9.17, 15) is 8.42 Å². The van der Waals surface area contributed by atoms with Crippen LogP contribution in [-0.4, -0.2) is 20.0 Å². The van der Waals surface area contributed by atoms with Crippen molar-refractivity contribution in [3.05, 3.63) is 84.4 Å². The minimum Gasteiger partial charge on any atom is -0.494 e. The molecule has 0 unspecified atom stereocenters. The fourth-order valence-corrected chi connectivity index (χ4v) is 4.31. The molecule has 31 heavy (non-hydrogen) atoms. The first-order valence-corrected chi connectivity index (χ1v) is 11.3. The number of rotatable bonds is 7. The van der Waals surface area contributed by atoms with Crippen LogP contribution >= 0.6 is 0 Å². The van der Waals surface area contributed by atoms with Crippen LogP contribution in [0.3, 0.4) is 0 Å². The summed E-state index contributed by atoms with van der Waals surface area (Å²) in [7, 11) is -3.89. The van der Waals surface area contributed by atoms with Crippen LogP contribution in [0.2, 0.25) is 0 Å². The third-order valence-corrected chi connectivity index (χ3v) is 6.30. The molecule has 0 radical (unpaired) electrons. The third kappa shape index (κ3) is 4.46. The van der Waals surface area contributed by atoms with Crippen LogP contribution in [0.5, 0.6) is 5.75 Å². The zero-order valence-electron chi connectivity index (χ0n) is 17.2. The van der Waals surface area contributed by atoms with Gasteiger partial charge in [-0.15, -0.1) is 0 Å². The Kier molecular flexibility index (Phi) is 5.77. The van der Waals surface area contributed by atoms with E-state index < -0.39 is 9.84 Å². The highest BCUT2D eigenvalue weighted by Gasteiger charge is 2.28. The number of anilines is 2. The lowest BCUT2D eigenvalue weighted by atomic mass is 10.1. The van der Waals surface area contributed by atoms with E-state index in [1.54, 1.807) is 42.5 Å². The summed E-state index contributed by atoms with van der Waals surface area (Å²) in [5, 5.41) is 2.89. The number of benzene rings is 3. The lowest BCUT2D eigenvalue weighted by Crippen LogP contribution is -2.05. The molecule has 0 spiro atoms. The van der Waals surface area contributed by atoms with Gasteiger partial charge in [0.25, 0.3) is 0 Å². The van der Waals surface area contributed by atoms with Gasteiger partial charge >= 0.3 is 0 Å². The molecule has 1 heterocycles. The van der Waals surface area contributed by atoms with E-state index in [1.165, 1.54) is 12.1 Å². The Balaban J connectivity index is 1.77. The summed E-state index contributed by atoms with van der Waals surface area (Å²) >= 11 is 0. The molecule has 0 aliphatic heterocycles. The second-order valence-corrected chi connectivity index (χ2v) is 8.78. The second-order valence-electron chi connectivity index (χ2n) is 6.92. The molecule has 0 saturated carbocycles. The summed E-state index contributed by atoms with van der Waals surface area (Å²) < 4.78 is 38.0. The summed E-state index contributed by atoms with van der Waals surface area (Å²) in [5.74, 6) is 1.01. The molecule has 0 aliphatic carbocycles. The Labute approximate surface area is 181 Å². The summed E-state index contributed by atoms with van der Waals surface area (Å²) in [6.07, 6.45) is 0. The van der Waals surface area contributed by atoms with Crippen molar-refractivity contribution in [3.8, 4) is 17.2 Å². The predicted molar refractivity (Wildman–Crippen MR) is 119 cm³/mol. The van der Waals surface area contributed by atoms with Crippen molar-refractivity contribution < 1.29 is 17.6 Å². The Morgan fingerprint density at radius 3 is 2.26 bits per heavy atom. The van der Waals surface area contributed by atoms with Gasteiger partial charge in [-0.1, -0.05) is 35.9 Å².